The summed E-state index contributed by atoms with van der Waals surface area (Å²) in [6.45, 7) is 3.27. The molecule has 1 aromatic rings. The van der Waals surface area contributed by atoms with Gasteiger partial charge in [-0.05, 0) is 19.1 Å². The average molecular weight is 304 g/mol. The molecule has 2 amide bonds. The lowest BCUT2D eigenvalue weighted by atomic mass is 10.1. The van der Waals surface area contributed by atoms with E-state index in [0.717, 1.165) is 0 Å². The van der Waals surface area contributed by atoms with Crippen molar-refractivity contribution in [1.29, 1.82) is 0 Å². The van der Waals surface area contributed by atoms with E-state index >= 15 is 0 Å². The summed E-state index contributed by atoms with van der Waals surface area (Å²) in [4.78, 5) is 36.7. The average Bonchev–Trinajstić information content (AvgIpc) is 2.47. The molecule has 0 spiro atoms. The fourth-order valence-corrected chi connectivity index (χ4v) is 2.44. The van der Waals surface area contributed by atoms with E-state index in [-0.39, 0.29) is 18.2 Å². The molecule has 1 aliphatic rings. The lowest BCUT2D eigenvalue weighted by Crippen LogP contribution is -2.57. The minimum atomic E-state index is -0.439. The summed E-state index contributed by atoms with van der Waals surface area (Å²) in [5.74, 6) is -0.752. The minimum absolute atomic E-state index is 0.105. The molecule has 1 heterocycles. The summed E-state index contributed by atoms with van der Waals surface area (Å²) in [5, 5.41) is 5.75. The highest BCUT2D eigenvalue weighted by molar-refractivity contribution is 6.04. The molecule has 22 heavy (non-hydrogen) atoms. The van der Waals surface area contributed by atoms with Crippen LogP contribution in [0.5, 0.6) is 0 Å². The van der Waals surface area contributed by atoms with Crippen molar-refractivity contribution >= 4 is 23.3 Å². The zero-order valence-electron chi connectivity index (χ0n) is 12.5. The van der Waals surface area contributed by atoms with E-state index < -0.39 is 11.9 Å². The standard InChI is InChI=1S/C15H20N4O3/c1-10(20)11-4-2-3-5-12(11)18-14(21)9-19-7-6-17-13(8-19)15(16)22/h2-5,13,17H,6-9H2,1H3,(H2,16,22)(H,18,21). The Morgan fingerprint density at radius 2 is 2.09 bits per heavy atom. The molecule has 0 radical (unpaired) electrons. The largest absolute Gasteiger partial charge is 0.368 e. The number of primary amides is 1. The minimum Gasteiger partial charge on any atom is -0.368 e. The van der Waals surface area contributed by atoms with Crippen molar-refractivity contribution in [2.75, 3.05) is 31.5 Å². The first-order chi connectivity index (χ1) is 10.5. The van der Waals surface area contributed by atoms with Crippen molar-refractivity contribution in [2.24, 2.45) is 5.73 Å². The smallest absolute Gasteiger partial charge is 0.238 e. The molecule has 1 aliphatic heterocycles. The molecule has 1 atom stereocenters. The molecular formula is C15H20N4O3. The monoisotopic (exact) mass is 304 g/mol. The number of nitrogens with one attached hydrogen (secondary N) is 2. The fraction of sp³-hybridized carbons (Fsp3) is 0.400. The van der Waals surface area contributed by atoms with Gasteiger partial charge in [-0.1, -0.05) is 12.1 Å². The van der Waals surface area contributed by atoms with E-state index in [0.29, 0.717) is 30.9 Å². The van der Waals surface area contributed by atoms with Gasteiger partial charge in [-0.3, -0.25) is 19.3 Å². The third kappa shape index (κ3) is 4.12. The summed E-state index contributed by atoms with van der Waals surface area (Å²) < 4.78 is 0. The number of para-hydroxylation sites is 1. The quantitative estimate of drug-likeness (QED) is 0.641. The molecule has 0 bridgehead atoms. The highest BCUT2D eigenvalue weighted by Gasteiger charge is 2.24. The first-order valence-electron chi connectivity index (χ1n) is 7.12. The van der Waals surface area contributed by atoms with Gasteiger partial charge in [0.2, 0.25) is 11.8 Å². The van der Waals surface area contributed by atoms with E-state index in [1.54, 1.807) is 24.3 Å². The second-order valence-electron chi connectivity index (χ2n) is 5.29. The number of rotatable bonds is 5. The van der Waals surface area contributed by atoms with Gasteiger partial charge in [0.15, 0.2) is 5.78 Å². The summed E-state index contributed by atoms with van der Waals surface area (Å²) in [6.07, 6.45) is 0. The lowest BCUT2D eigenvalue weighted by Gasteiger charge is -2.31. The molecule has 118 valence electrons. The van der Waals surface area contributed by atoms with Gasteiger partial charge in [0, 0.05) is 25.2 Å². The normalized spacial score (nSPS) is 18.7. The van der Waals surface area contributed by atoms with Crippen molar-refractivity contribution in [3.63, 3.8) is 0 Å². The Morgan fingerprint density at radius 1 is 1.36 bits per heavy atom. The maximum atomic E-state index is 12.1. The van der Waals surface area contributed by atoms with Crippen LogP contribution < -0.4 is 16.4 Å². The molecule has 0 saturated carbocycles. The Kier molecular flexibility index (Phi) is 5.24. The number of benzene rings is 1. The van der Waals surface area contributed by atoms with Gasteiger partial charge >= 0.3 is 0 Å². The number of hydrogen-bond donors (Lipinski definition) is 3. The highest BCUT2D eigenvalue weighted by atomic mass is 16.2. The Morgan fingerprint density at radius 3 is 2.77 bits per heavy atom. The molecule has 0 aliphatic carbocycles. The van der Waals surface area contributed by atoms with E-state index in [1.165, 1.54) is 6.92 Å². The number of anilines is 1. The number of Topliss-reactive ketones (excluding diaryl/α,β-unsaturated/α-hetero) is 1. The van der Waals surface area contributed by atoms with Crippen LogP contribution in [0.15, 0.2) is 24.3 Å². The molecule has 1 fully saturated rings. The Hall–Kier alpha value is -2.25. The predicted molar refractivity (Wildman–Crippen MR) is 82.5 cm³/mol. The number of piperazine rings is 1. The summed E-state index contributed by atoms with van der Waals surface area (Å²) >= 11 is 0. The van der Waals surface area contributed by atoms with Crippen LogP contribution in [0, 0.1) is 0 Å². The summed E-state index contributed by atoms with van der Waals surface area (Å²) in [6, 6.07) is 6.44. The first-order valence-corrected chi connectivity index (χ1v) is 7.12. The first kappa shape index (κ1) is 16.1. The predicted octanol–water partition coefficient (Wildman–Crippen LogP) is -0.413. The lowest BCUT2D eigenvalue weighted by molar-refractivity contribution is -0.123. The number of carbonyl (C=O) groups is 3. The summed E-state index contributed by atoms with van der Waals surface area (Å²) in [5.41, 5.74) is 6.25. The van der Waals surface area contributed by atoms with Gasteiger partial charge < -0.3 is 16.4 Å². The van der Waals surface area contributed by atoms with Crippen molar-refractivity contribution < 1.29 is 14.4 Å². The van der Waals surface area contributed by atoms with Crippen LogP contribution in [-0.4, -0.2) is 54.7 Å². The van der Waals surface area contributed by atoms with Gasteiger partial charge in [-0.15, -0.1) is 0 Å². The van der Waals surface area contributed by atoms with Gasteiger partial charge in [0.05, 0.1) is 18.3 Å². The molecule has 1 aromatic carbocycles. The molecule has 1 unspecified atom stereocenters. The number of carbonyl (C=O) groups excluding carboxylic acids is 3. The maximum absolute atomic E-state index is 12.1. The molecular weight excluding hydrogens is 284 g/mol. The van der Waals surface area contributed by atoms with Crippen LogP contribution in [-0.2, 0) is 9.59 Å². The molecule has 4 N–H and O–H groups in total. The van der Waals surface area contributed by atoms with Crippen molar-refractivity contribution in [3.05, 3.63) is 29.8 Å². The second kappa shape index (κ2) is 7.15. The molecule has 7 heteroatoms. The van der Waals surface area contributed by atoms with Crippen LogP contribution in [0.25, 0.3) is 0 Å². The number of nitrogens with two attached hydrogens (primary N) is 1. The number of nitrogens with zero attached hydrogens (tertiary/aromatic N) is 1. The SMILES string of the molecule is CC(=O)c1ccccc1NC(=O)CN1CCNC(C(N)=O)C1. The van der Waals surface area contributed by atoms with Crippen LogP contribution in [0.3, 0.4) is 0 Å². The topological polar surface area (TPSA) is 105 Å². The Balaban J connectivity index is 1.96. The number of amides is 2. The van der Waals surface area contributed by atoms with E-state index in [2.05, 4.69) is 10.6 Å². The Bertz CT molecular complexity index is 588. The second-order valence-corrected chi connectivity index (χ2v) is 5.29. The molecule has 2 rings (SSSR count). The third-order valence-electron chi connectivity index (χ3n) is 3.55. The van der Waals surface area contributed by atoms with Crippen molar-refractivity contribution in [2.45, 2.75) is 13.0 Å². The zero-order valence-corrected chi connectivity index (χ0v) is 12.5. The van der Waals surface area contributed by atoms with Crippen LogP contribution in [0.2, 0.25) is 0 Å². The Labute approximate surface area is 128 Å². The number of hydrogen-bond acceptors (Lipinski definition) is 5. The van der Waals surface area contributed by atoms with E-state index in [9.17, 15) is 14.4 Å². The van der Waals surface area contributed by atoms with Crippen molar-refractivity contribution in [1.82, 2.24) is 10.2 Å². The fourth-order valence-electron chi connectivity index (χ4n) is 2.44. The number of ketones is 1. The van der Waals surface area contributed by atoms with Gasteiger partial charge in [0.1, 0.15) is 0 Å². The highest BCUT2D eigenvalue weighted by Crippen LogP contribution is 2.15. The molecule has 0 aromatic heterocycles. The van der Waals surface area contributed by atoms with Gasteiger partial charge in [-0.25, -0.2) is 0 Å². The molecule has 7 nitrogen and oxygen atoms in total. The van der Waals surface area contributed by atoms with Gasteiger partial charge in [-0.2, -0.15) is 0 Å². The van der Waals surface area contributed by atoms with Crippen LogP contribution >= 0.6 is 0 Å². The summed E-state index contributed by atoms with van der Waals surface area (Å²) in [7, 11) is 0. The van der Waals surface area contributed by atoms with Gasteiger partial charge in [0.25, 0.3) is 0 Å². The maximum Gasteiger partial charge on any atom is 0.238 e. The zero-order chi connectivity index (χ0) is 16.1. The van der Waals surface area contributed by atoms with E-state index in [4.69, 9.17) is 5.73 Å². The van der Waals surface area contributed by atoms with Crippen molar-refractivity contribution in [3.8, 4) is 0 Å². The van der Waals surface area contributed by atoms with E-state index in [1.807, 2.05) is 4.90 Å². The third-order valence-corrected chi connectivity index (χ3v) is 3.55. The molecule has 1 saturated heterocycles. The van der Waals surface area contributed by atoms with Crippen LogP contribution in [0.1, 0.15) is 17.3 Å². The van der Waals surface area contributed by atoms with Crippen LogP contribution in [0.4, 0.5) is 5.69 Å².